The smallest absolute Gasteiger partial charge is 0.377 e. The summed E-state index contributed by atoms with van der Waals surface area (Å²) in [5, 5.41) is 6.23. The summed E-state index contributed by atoms with van der Waals surface area (Å²) in [4.78, 5) is 24.8. The number of halogens is 4. The fraction of sp³-hybridized carbons (Fsp3) is 0.407. The van der Waals surface area contributed by atoms with Gasteiger partial charge in [0.1, 0.15) is 11.9 Å². The average molecular weight is 616 g/mol. The zero-order valence-corrected chi connectivity index (χ0v) is 23.8. The number of thiophene rings is 1. The van der Waals surface area contributed by atoms with Gasteiger partial charge in [-0.3, -0.25) is 9.59 Å². The number of nitrogens with zero attached hydrogens (tertiary/aromatic N) is 1. The van der Waals surface area contributed by atoms with Crippen molar-refractivity contribution in [1.82, 2.24) is 14.9 Å². The number of amides is 2. The molecule has 0 bridgehead atoms. The number of nitrogens with one attached hydrogen (secondary N) is 2. The summed E-state index contributed by atoms with van der Waals surface area (Å²) in [6.45, 7) is 1.68. The Balaban J connectivity index is 1.35. The number of fused-ring (bicyclic) bond motifs is 1. The van der Waals surface area contributed by atoms with E-state index in [0.717, 1.165) is 14.4 Å². The second-order valence-corrected chi connectivity index (χ2v) is 12.9. The quantitative estimate of drug-likeness (QED) is 0.329. The van der Waals surface area contributed by atoms with E-state index in [-0.39, 0.29) is 56.3 Å². The third kappa shape index (κ3) is 7.23. The summed E-state index contributed by atoms with van der Waals surface area (Å²) < 4.78 is 87.4. The Kier molecular flexibility index (Phi) is 9.36. The van der Waals surface area contributed by atoms with Crippen LogP contribution >= 0.6 is 11.3 Å². The van der Waals surface area contributed by atoms with Gasteiger partial charge < -0.3 is 15.4 Å². The van der Waals surface area contributed by atoms with Gasteiger partial charge in [0.05, 0.1) is 21.4 Å². The van der Waals surface area contributed by atoms with Gasteiger partial charge in [0, 0.05) is 31.4 Å². The molecular formula is C27H29F4N3O5S2. The van der Waals surface area contributed by atoms with Crippen LogP contribution in [-0.4, -0.2) is 63.4 Å². The molecule has 0 saturated carbocycles. The molecule has 0 radical (unpaired) electrons. The second kappa shape index (κ2) is 12.4. The van der Waals surface area contributed by atoms with Crippen molar-refractivity contribution in [3.63, 3.8) is 0 Å². The Morgan fingerprint density at radius 3 is 2.59 bits per heavy atom. The molecule has 1 fully saturated rings. The minimum absolute atomic E-state index is 0.0673. The van der Waals surface area contributed by atoms with Gasteiger partial charge in [-0.1, -0.05) is 25.1 Å². The number of hydrogen-bond acceptors (Lipinski definition) is 6. The first-order valence-electron chi connectivity index (χ1n) is 12.8. The normalized spacial score (nSPS) is 17.9. The Bertz CT molecular complexity index is 1490. The Morgan fingerprint density at radius 1 is 1.17 bits per heavy atom. The summed E-state index contributed by atoms with van der Waals surface area (Å²) in [6.07, 6.45) is -5.16. The second-order valence-electron chi connectivity index (χ2n) is 9.87. The van der Waals surface area contributed by atoms with Crippen LogP contribution in [0.1, 0.15) is 35.0 Å². The van der Waals surface area contributed by atoms with Crippen LogP contribution in [-0.2, 0) is 25.7 Å². The van der Waals surface area contributed by atoms with Crippen molar-refractivity contribution in [2.45, 2.75) is 43.0 Å². The van der Waals surface area contributed by atoms with Gasteiger partial charge in [-0.15, -0.1) is 11.3 Å². The number of carbonyl (C=O) groups excluding carboxylic acids is 2. The SMILES string of the molecule is CNC(=O)[C@H](CC(C)CO[C@H]1CCN(S(=O)(=O)c2ccc(F)cc2C(F)(F)F)C1)NC(=O)c1cc2ccccc2s1. The molecule has 1 aromatic heterocycles. The minimum atomic E-state index is -5.05. The van der Waals surface area contributed by atoms with E-state index in [9.17, 15) is 35.6 Å². The summed E-state index contributed by atoms with van der Waals surface area (Å²) in [5.41, 5.74) is -1.56. The summed E-state index contributed by atoms with van der Waals surface area (Å²) >= 11 is 1.31. The zero-order chi connectivity index (χ0) is 29.9. The van der Waals surface area contributed by atoms with E-state index in [1.54, 1.807) is 13.0 Å². The highest BCUT2D eigenvalue weighted by atomic mass is 32.2. The van der Waals surface area contributed by atoms with Crippen LogP contribution < -0.4 is 10.6 Å². The molecule has 3 atom stereocenters. The van der Waals surface area contributed by atoms with Crippen LogP contribution in [0.3, 0.4) is 0 Å². The number of sulfonamides is 1. The van der Waals surface area contributed by atoms with Gasteiger partial charge in [-0.25, -0.2) is 12.8 Å². The molecule has 222 valence electrons. The van der Waals surface area contributed by atoms with Gasteiger partial charge in [0.25, 0.3) is 5.91 Å². The highest BCUT2D eigenvalue weighted by Gasteiger charge is 2.41. The molecule has 2 heterocycles. The molecule has 2 amide bonds. The van der Waals surface area contributed by atoms with Gasteiger partial charge >= 0.3 is 6.18 Å². The first-order chi connectivity index (χ1) is 19.3. The standard InChI is InChI=1S/C27H29F4N3O5S2/c1-16(11-21(25(35)32-2)33-26(36)23-12-17-5-3-4-6-22(17)40-23)15-39-19-9-10-34(14-19)41(37,38)24-8-7-18(28)13-20(24)27(29,30)31/h3-8,12-13,16,19,21H,9-11,14-15H2,1-2H3,(H,32,35)(H,33,36)/t16?,19-,21-/m0/s1. The monoisotopic (exact) mass is 615 g/mol. The van der Waals surface area contributed by atoms with Gasteiger partial charge in [-0.05, 0) is 54.5 Å². The lowest BCUT2D eigenvalue weighted by molar-refractivity contribution is -0.140. The first-order valence-corrected chi connectivity index (χ1v) is 15.0. The maximum atomic E-state index is 13.5. The van der Waals surface area contributed by atoms with Crippen molar-refractivity contribution in [3.8, 4) is 0 Å². The van der Waals surface area contributed by atoms with Crippen molar-refractivity contribution in [2.75, 3.05) is 26.7 Å². The van der Waals surface area contributed by atoms with E-state index < -0.39 is 44.6 Å². The fourth-order valence-corrected chi connectivity index (χ4v) is 7.28. The lowest BCUT2D eigenvalue weighted by Gasteiger charge is -2.23. The largest absolute Gasteiger partial charge is 0.417 e. The number of benzene rings is 2. The van der Waals surface area contributed by atoms with E-state index in [2.05, 4.69) is 10.6 Å². The Labute approximate surface area is 238 Å². The Morgan fingerprint density at radius 2 is 1.90 bits per heavy atom. The third-order valence-electron chi connectivity index (χ3n) is 6.74. The molecule has 0 spiro atoms. The molecule has 1 aliphatic heterocycles. The van der Waals surface area contributed by atoms with Crippen molar-refractivity contribution in [3.05, 3.63) is 64.8 Å². The van der Waals surface area contributed by atoms with E-state index in [4.69, 9.17) is 4.74 Å². The maximum absolute atomic E-state index is 13.5. The van der Waals surface area contributed by atoms with E-state index in [1.165, 1.54) is 18.4 Å². The van der Waals surface area contributed by atoms with Crippen molar-refractivity contribution in [2.24, 2.45) is 5.92 Å². The van der Waals surface area contributed by atoms with Gasteiger partial charge in [0.2, 0.25) is 15.9 Å². The average Bonchev–Trinajstić information content (AvgIpc) is 3.58. The number of ether oxygens (including phenoxy) is 1. The molecule has 1 saturated heterocycles. The van der Waals surface area contributed by atoms with Crippen LogP contribution in [0, 0.1) is 11.7 Å². The lowest BCUT2D eigenvalue weighted by atomic mass is 10.0. The molecule has 8 nitrogen and oxygen atoms in total. The number of hydrogen-bond donors (Lipinski definition) is 2. The van der Waals surface area contributed by atoms with Crippen LogP contribution in [0.25, 0.3) is 10.1 Å². The number of carbonyl (C=O) groups is 2. The number of likely N-dealkylation sites (N-methyl/N-ethyl adjacent to an activating group) is 1. The highest BCUT2D eigenvalue weighted by molar-refractivity contribution is 7.89. The molecule has 2 N–H and O–H groups in total. The molecule has 4 rings (SSSR count). The summed E-state index contributed by atoms with van der Waals surface area (Å²) in [7, 11) is -3.10. The van der Waals surface area contributed by atoms with Crippen molar-refractivity contribution < 1.29 is 40.3 Å². The predicted molar refractivity (Wildman–Crippen MR) is 145 cm³/mol. The van der Waals surface area contributed by atoms with Crippen LogP contribution in [0.4, 0.5) is 17.6 Å². The van der Waals surface area contributed by atoms with Gasteiger partial charge in [0.15, 0.2) is 0 Å². The molecule has 1 aliphatic rings. The lowest BCUT2D eigenvalue weighted by Crippen LogP contribution is -2.46. The molecule has 3 aromatic rings. The number of rotatable bonds is 10. The van der Waals surface area contributed by atoms with E-state index in [0.29, 0.717) is 17.0 Å². The Hall–Kier alpha value is -3.07. The molecule has 2 aromatic carbocycles. The zero-order valence-electron chi connectivity index (χ0n) is 22.2. The van der Waals surface area contributed by atoms with Crippen LogP contribution in [0.2, 0.25) is 0 Å². The molecule has 0 aliphatic carbocycles. The molecular weight excluding hydrogens is 586 g/mol. The summed E-state index contributed by atoms with van der Waals surface area (Å²) in [6, 6.07) is 9.90. The highest BCUT2D eigenvalue weighted by Crippen LogP contribution is 2.36. The summed E-state index contributed by atoms with van der Waals surface area (Å²) in [5.74, 6) is -2.20. The van der Waals surface area contributed by atoms with Crippen LogP contribution in [0.5, 0.6) is 0 Å². The third-order valence-corrected chi connectivity index (χ3v) is 9.78. The first kappa shape index (κ1) is 30.9. The topological polar surface area (TPSA) is 105 Å². The van der Waals surface area contributed by atoms with E-state index in [1.807, 2.05) is 24.3 Å². The molecule has 14 heteroatoms. The predicted octanol–water partition coefficient (Wildman–Crippen LogP) is 4.41. The fourth-order valence-electron chi connectivity index (χ4n) is 4.64. The van der Waals surface area contributed by atoms with Crippen molar-refractivity contribution >= 4 is 43.3 Å². The van der Waals surface area contributed by atoms with Gasteiger partial charge in [-0.2, -0.15) is 17.5 Å². The molecule has 1 unspecified atom stereocenters. The minimum Gasteiger partial charge on any atom is -0.377 e. The maximum Gasteiger partial charge on any atom is 0.417 e. The molecule has 41 heavy (non-hydrogen) atoms. The number of alkyl halides is 3. The van der Waals surface area contributed by atoms with Crippen molar-refractivity contribution in [1.29, 1.82) is 0 Å². The van der Waals surface area contributed by atoms with E-state index >= 15 is 0 Å². The van der Waals surface area contributed by atoms with Crippen LogP contribution in [0.15, 0.2) is 53.4 Å².